The number of nitrogen functional groups attached to an aromatic ring is 1. The Morgan fingerprint density at radius 3 is 2.40 bits per heavy atom. The molecule has 2 rings (SSSR count). The number of hydrogen-bond acceptors (Lipinski definition) is 6. The van der Waals surface area contributed by atoms with Crippen LogP contribution >= 0.6 is 11.8 Å². The molecule has 6 nitrogen and oxygen atoms in total. The Balaban J connectivity index is 2.46. The first-order valence-corrected chi connectivity index (χ1v) is 7.04. The summed E-state index contributed by atoms with van der Waals surface area (Å²) in [5.74, 6) is 5.32. The van der Waals surface area contributed by atoms with E-state index >= 15 is 0 Å². The number of benzene rings is 2. The number of hydrazine groups is 1. The van der Waals surface area contributed by atoms with Gasteiger partial charge in [-0.3, -0.25) is 16.0 Å². The van der Waals surface area contributed by atoms with Gasteiger partial charge >= 0.3 is 5.69 Å². The highest BCUT2D eigenvalue weighted by molar-refractivity contribution is 7.98. The molecule has 0 saturated carbocycles. The van der Waals surface area contributed by atoms with E-state index in [4.69, 9.17) is 5.84 Å². The van der Waals surface area contributed by atoms with Gasteiger partial charge in [-0.25, -0.2) is 0 Å². The largest absolute Gasteiger partial charge is 0.349 e. The lowest BCUT2D eigenvalue weighted by molar-refractivity contribution is -0.383. The van der Waals surface area contributed by atoms with Crippen molar-refractivity contribution in [1.82, 2.24) is 0 Å². The van der Waals surface area contributed by atoms with Crippen LogP contribution in [0.15, 0.2) is 47.4 Å². The van der Waals surface area contributed by atoms with Crippen LogP contribution < -0.4 is 16.6 Å². The summed E-state index contributed by atoms with van der Waals surface area (Å²) in [6.45, 7) is 0. The molecule has 104 valence electrons. The third kappa shape index (κ3) is 2.84. The Morgan fingerprint density at radius 1 is 1.10 bits per heavy atom. The van der Waals surface area contributed by atoms with Crippen molar-refractivity contribution in [2.24, 2.45) is 5.84 Å². The monoisotopic (exact) mass is 290 g/mol. The van der Waals surface area contributed by atoms with E-state index in [-0.39, 0.29) is 11.4 Å². The summed E-state index contributed by atoms with van der Waals surface area (Å²) in [6, 6.07) is 12.5. The van der Waals surface area contributed by atoms with Crippen molar-refractivity contribution in [3.8, 4) is 0 Å². The third-order valence-electron chi connectivity index (χ3n) is 2.75. The molecule has 0 atom stereocenters. The summed E-state index contributed by atoms with van der Waals surface area (Å²) in [7, 11) is 0. The second-order valence-electron chi connectivity index (χ2n) is 3.93. The van der Waals surface area contributed by atoms with E-state index in [1.54, 1.807) is 30.0 Å². The van der Waals surface area contributed by atoms with Crippen molar-refractivity contribution < 1.29 is 4.92 Å². The number of nitrogens with two attached hydrogens (primary N) is 1. The van der Waals surface area contributed by atoms with E-state index in [2.05, 4.69) is 10.7 Å². The molecule has 0 bridgehead atoms. The van der Waals surface area contributed by atoms with E-state index in [1.807, 2.05) is 30.5 Å². The molecule has 0 radical (unpaired) electrons. The van der Waals surface area contributed by atoms with Gasteiger partial charge in [0.25, 0.3) is 0 Å². The molecular weight excluding hydrogens is 276 g/mol. The average molecular weight is 290 g/mol. The van der Waals surface area contributed by atoms with Gasteiger partial charge in [0.2, 0.25) is 0 Å². The normalized spacial score (nSPS) is 10.1. The lowest BCUT2D eigenvalue weighted by atomic mass is 10.2. The molecule has 0 spiro atoms. The van der Waals surface area contributed by atoms with E-state index in [0.29, 0.717) is 5.69 Å². The van der Waals surface area contributed by atoms with Gasteiger partial charge in [0.05, 0.1) is 10.6 Å². The maximum Gasteiger partial charge on any atom is 0.316 e. The smallest absolute Gasteiger partial charge is 0.316 e. The van der Waals surface area contributed by atoms with Crippen molar-refractivity contribution in [3.05, 3.63) is 52.6 Å². The van der Waals surface area contributed by atoms with Crippen molar-refractivity contribution in [1.29, 1.82) is 0 Å². The second kappa shape index (κ2) is 6.27. The number of thioether (sulfide) groups is 1. The van der Waals surface area contributed by atoms with Gasteiger partial charge < -0.3 is 10.7 Å². The number of anilines is 3. The van der Waals surface area contributed by atoms with Crippen molar-refractivity contribution in [2.45, 2.75) is 4.90 Å². The summed E-state index contributed by atoms with van der Waals surface area (Å²) >= 11 is 1.57. The van der Waals surface area contributed by atoms with Crippen molar-refractivity contribution >= 4 is 34.5 Å². The fraction of sp³-hybridized carbons (Fsp3) is 0.0769. The number of para-hydroxylation sites is 2. The minimum atomic E-state index is -0.459. The first-order valence-electron chi connectivity index (χ1n) is 5.81. The highest BCUT2D eigenvalue weighted by Gasteiger charge is 2.19. The Bertz CT molecular complexity index is 634. The molecule has 0 unspecified atom stereocenters. The molecule has 0 aromatic heterocycles. The fourth-order valence-corrected chi connectivity index (χ4v) is 2.40. The van der Waals surface area contributed by atoms with Crippen LogP contribution in [0.4, 0.5) is 22.7 Å². The lowest BCUT2D eigenvalue weighted by Gasteiger charge is -2.12. The quantitative estimate of drug-likeness (QED) is 0.338. The lowest BCUT2D eigenvalue weighted by Crippen LogP contribution is -2.10. The van der Waals surface area contributed by atoms with Gasteiger partial charge in [-0.1, -0.05) is 18.2 Å². The molecular formula is C13H14N4O2S. The summed E-state index contributed by atoms with van der Waals surface area (Å²) in [6.07, 6.45) is 1.95. The number of rotatable bonds is 5. The zero-order valence-electron chi connectivity index (χ0n) is 10.8. The van der Waals surface area contributed by atoms with Gasteiger partial charge in [-0.05, 0) is 30.5 Å². The molecule has 0 heterocycles. The van der Waals surface area contributed by atoms with Gasteiger partial charge in [-0.2, -0.15) is 0 Å². The van der Waals surface area contributed by atoms with Crippen molar-refractivity contribution in [3.63, 3.8) is 0 Å². The predicted molar refractivity (Wildman–Crippen MR) is 82.4 cm³/mol. The molecule has 0 aliphatic carbocycles. The first kappa shape index (κ1) is 14.2. The Labute approximate surface area is 120 Å². The zero-order valence-corrected chi connectivity index (χ0v) is 11.6. The second-order valence-corrected chi connectivity index (χ2v) is 4.78. The first-order chi connectivity index (χ1) is 9.67. The van der Waals surface area contributed by atoms with Crippen LogP contribution in [0.5, 0.6) is 0 Å². The average Bonchev–Trinajstić information content (AvgIpc) is 2.47. The highest BCUT2D eigenvalue weighted by atomic mass is 32.2. The number of nitrogens with zero attached hydrogens (tertiary/aromatic N) is 1. The summed E-state index contributed by atoms with van der Waals surface area (Å²) in [5.41, 5.74) is 3.74. The number of hydrogen-bond donors (Lipinski definition) is 3. The Kier molecular flexibility index (Phi) is 4.44. The molecule has 0 fully saturated rings. The molecule has 7 heteroatoms. The van der Waals surface area contributed by atoms with Gasteiger partial charge in [-0.15, -0.1) is 11.8 Å². The fourth-order valence-electron chi connectivity index (χ4n) is 1.85. The maximum absolute atomic E-state index is 11.2. The van der Waals surface area contributed by atoms with E-state index < -0.39 is 4.92 Å². The van der Waals surface area contributed by atoms with Crippen LogP contribution in [0.3, 0.4) is 0 Å². The van der Waals surface area contributed by atoms with Gasteiger partial charge in [0.1, 0.15) is 11.4 Å². The molecule has 0 amide bonds. The highest BCUT2D eigenvalue weighted by Crippen LogP contribution is 2.36. The Hall–Kier alpha value is -2.25. The van der Waals surface area contributed by atoms with Crippen LogP contribution in [-0.4, -0.2) is 11.2 Å². The van der Waals surface area contributed by atoms with Crippen LogP contribution in [0.2, 0.25) is 0 Å². The standard InChI is InChI=1S/C13H14N4O2S/c1-20-12-8-3-2-5-9(12)15-10-6-4-7-11(16-14)13(10)17(18)19/h2-8,15-16H,14H2,1H3. The molecule has 0 aliphatic heterocycles. The minimum absolute atomic E-state index is 0.0779. The van der Waals surface area contributed by atoms with Crippen LogP contribution in [0.25, 0.3) is 0 Å². The topological polar surface area (TPSA) is 93.2 Å². The summed E-state index contributed by atoms with van der Waals surface area (Å²) in [4.78, 5) is 11.8. The van der Waals surface area contributed by atoms with E-state index in [0.717, 1.165) is 10.6 Å². The van der Waals surface area contributed by atoms with E-state index in [9.17, 15) is 10.1 Å². The third-order valence-corrected chi connectivity index (χ3v) is 3.55. The van der Waals surface area contributed by atoms with E-state index in [1.165, 1.54) is 0 Å². The molecule has 4 N–H and O–H groups in total. The predicted octanol–water partition coefficient (Wildman–Crippen LogP) is 3.35. The van der Waals surface area contributed by atoms with Gasteiger partial charge in [0, 0.05) is 4.90 Å². The zero-order chi connectivity index (χ0) is 14.5. The Morgan fingerprint density at radius 2 is 1.75 bits per heavy atom. The molecule has 20 heavy (non-hydrogen) atoms. The molecule has 0 aliphatic rings. The minimum Gasteiger partial charge on any atom is -0.349 e. The van der Waals surface area contributed by atoms with Crippen LogP contribution in [0.1, 0.15) is 0 Å². The maximum atomic E-state index is 11.2. The number of nitro groups is 1. The summed E-state index contributed by atoms with van der Waals surface area (Å²) < 4.78 is 0. The van der Waals surface area contributed by atoms with Gasteiger partial charge in [0.15, 0.2) is 0 Å². The van der Waals surface area contributed by atoms with Crippen LogP contribution in [-0.2, 0) is 0 Å². The molecule has 0 saturated heterocycles. The summed E-state index contributed by atoms with van der Waals surface area (Å²) in [5, 5.41) is 14.3. The number of nitro benzene ring substituents is 1. The number of nitrogens with one attached hydrogen (secondary N) is 2. The SMILES string of the molecule is CSc1ccccc1Nc1cccc(NN)c1[N+](=O)[O-]. The van der Waals surface area contributed by atoms with Crippen molar-refractivity contribution in [2.75, 3.05) is 17.0 Å². The molecule has 2 aromatic carbocycles. The molecule has 2 aromatic rings. The van der Waals surface area contributed by atoms with Crippen LogP contribution in [0, 0.1) is 10.1 Å².